The Balaban J connectivity index is 2.70. The Bertz CT molecular complexity index is 365. The first-order valence-electron chi connectivity index (χ1n) is 7.48. The van der Waals surface area contributed by atoms with Gasteiger partial charge in [0.15, 0.2) is 0 Å². The molecule has 0 aliphatic rings. The SMILES string of the molecule is CCCNC(C)c1ccnc(N(C)CC(C)CC)c1. The van der Waals surface area contributed by atoms with Gasteiger partial charge in [0.25, 0.3) is 0 Å². The zero-order chi connectivity index (χ0) is 14.3. The molecule has 0 spiro atoms. The van der Waals surface area contributed by atoms with Crippen molar-refractivity contribution in [3.05, 3.63) is 23.9 Å². The van der Waals surface area contributed by atoms with Crippen LogP contribution in [-0.4, -0.2) is 25.1 Å². The lowest BCUT2D eigenvalue weighted by atomic mass is 10.1. The van der Waals surface area contributed by atoms with Crippen molar-refractivity contribution < 1.29 is 0 Å². The third-order valence-corrected chi connectivity index (χ3v) is 3.64. The number of hydrogen-bond donors (Lipinski definition) is 1. The van der Waals surface area contributed by atoms with Gasteiger partial charge < -0.3 is 10.2 Å². The second-order valence-electron chi connectivity index (χ2n) is 5.52. The van der Waals surface area contributed by atoms with E-state index in [4.69, 9.17) is 0 Å². The van der Waals surface area contributed by atoms with Crippen LogP contribution in [0, 0.1) is 5.92 Å². The summed E-state index contributed by atoms with van der Waals surface area (Å²) in [4.78, 5) is 6.74. The monoisotopic (exact) mass is 263 g/mol. The molecule has 2 atom stereocenters. The van der Waals surface area contributed by atoms with E-state index in [1.807, 2.05) is 6.20 Å². The first kappa shape index (κ1) is 16.0. The number of nitrogens with one attached hydrogen (secondary N) is 1. The predicted molar refractivity (Wildman–Crippen MR) is 83.7 cm³/mol. The van der Waals surface area contributed by atoms with Gasteiger partial charge in [-0.1, -0.05) is 27.2 Å². The third-order valence-electron chi connectivity index (χ3n) is 3.64. The fourth-order valence-corrected chi connectivity index (χ4v) is 2.08. The van der Waals surface area contributed by atoms with Gasteiger partial charge in [-0.25, -0.2) is 4.98 Å². The van der Waals surface area contributed by atoms with Crippen LogP contribution in [0.3, 0.4) is 0 Å². The minimum atomic E-state index is 0.388. The minimum Gasteiger partial charge on any atom is -0.359 e. The van der Waals surface area contributed by atoms with Gasteiger partial charge in [0.05, 0.1) is 0 Å². The van der Waals surface area contributed by atoms with Crippen LogP contribution in [-0.2, 0) is 0 Å². The Morgan fingerprint density at radius 3 is 2.68 bits per heavy atom. The maximum atomic E-state index is 4.49. The number of hydrogen-bond acceptors (Lipinski definition) is 3. The molecule has 0 aliphatic carbocycles. The Kier molecular flexibility index (Phi) is 6.85. The van der Waals surface area contributed by atoms with Crippen molar-refractivity contribution >= 4 is 5.82 Å². The number of aromatic nitrogens is 1. The average Bonchev–Trinajstić information content (AvgIpc) is 2.44. The molecule has 0 amide bonds. The quantitative estimate of drug-likeness (QED) is 0.776. The van der Waals surface area contributed by atoms with E-state index in [0.29, 0.717) is 12.0 Å². The normalized spacial score (nSPS) is 14.2. The number of nitrogens with zero attached hydrogens (tertiary/aromatic N) is 2. The van der Waals surface area contributed by atoms with E-state index in [1.54, 1.807) is 0 Å². The van der Waals surface area contributed by atoms with Crippen LogP contribution in [0.1, 0.15) is 52.1 Å². The highest BCUT2D eigenvalue weighted by Gasteiger charge is 2.10. The summed E-state index contributed by atoms with van der Waals surface area (Å²) in [5, 5.41) is 3.52. The lowest BCUT2D eigenvalue weighted by Crippen LogP contribution is -2.25. The van der Waals surface area contributed by atoms with Crippen molar-refractivity contribution in [2.45, 2.75) is 46.6 Å². The molecule has 1 rings (SSSR count). The van der Waals surface area contributed by atoms with Crippen LogP contribution in [0.25, 0.3) is 0 Å². The molecule has 0 saturated carbocycles. The van der Waals surface area contributed by atoms with E-state index < -0.39 is 0 Å². The maximum Gasteiger partial charge on any atom is 0.128 e. The van der Waals surface area contributed by atoms with Crippen LogP contribution in [0.2, 0.25) is 0 Å². The standard InChI is InChI=1S/C16H29N3/c1-6-9-17-14(4)15-8-10-18-16(11-15)19(5)12-13(3)7-2/h8,10-11,13-14,17H,6-7,9,12H2,1-5H3. The highest BCUT2D eigenvalue weighted by atomic mass is 15.2. The maximum absolute atomic E-state index is 4.49. The fraction of sp³-hybridized carbons (Fsp3) is 0.688. The van der Waals surface area contributed by atoms with Gasteiger partial charge in [-0.05, 0) is 43.5 Å². The summed E-state index contributed by atoms with van der Waals surface area (Å²) in [5.41, 5.74) is 1.31. The zero-order valence-electron chi connectivity index (χ0n) is 13.1. The van der Waals surface area contributed by atoms with Crippen molar-refractivity contribution in [2.75, 3.05) is 25.0 Å². The number of anilines is 1. The summed E-state index contributed by atoms with van der Waals surface area (Å²) in [6, 6.07) is 4.70. The van der Waals surface area contributed by atoms with E-state index in [9.17, 15) is 0 Å². The number of rotatable bonds is 8. The highest BCUT2D eigenvalue weighted by Crippen LogP contribution is 2.18. The molecule has 2 unspecified atom stereocenters. The second kappa shape index (κ2) is 8.16. The molecule has 19 heavy (non-hydrogen) atoms. The molecule has 1 aromatic heterocycles. The van der Waals surface area contributed by atoms with Gasteiger partial charge in [-0.3, -0.25) is 0 Å². The number of pyridine rings is 1. The average molecular weight is 263 g/mol. The van der Waals surface area contributed by atoms with Gasteiger partial charge in [0.2, 0.25) is 0 Å². The lowest BCUT2D eigenvalue weighted by molar-refractivity contribution is 0.555. The molecule has 3 nitrogen and oxygen atoms in total. The second-order valence-corrected chi connectivity index (χ2v) is 5.52. The van der Waals surface area contributed by atoms with E-state index in [1.165, 1.54) is 12.0 Å². The lowest BCUT2D eigenvalue weighted by Gasteiger charge is -2.23. The summed E-state index contributed by atoms with van der Waals surface area (Å²) >= 11 is 0. The molecule has 1 aromatic rings. The first-order valence-corrected chi connectivity index (χ1v) is 7.48. The smallest absolute Gasteiger partial charge is 0.128 e. The Labute approximate surface area is 118 Å². The summed E-state index contributed by atoms with van der Waals surface area (Å²) in [5.74, 6) is 1.77. The molecular formula is C16H29N3. The van der Waals surface area contributed by atoms with Crippen molar-refractivity contribution in [3.8, 4) is 0 Å². The topological polar surface area (TPSA) is 28.2 Å². The Morgan fingerprint density at radius 1 is 1.32 bits per heavy atom. The molecular weight excluding hydrogens is 234 g/mol. The summed E-state index contributed by atoms with van der Waals surface area (Å²) in [6.45, 7) is 11.0. The summed E-state index contributed by atoms with van der Waals surface area (Å²) in [6.07, 6.45) is 4.29. The molecule has 0 radical (unpaired) electrons. The Morgan fingerprint density at radius 2 is 2.05 bits per heavy atom. The van der Waals surface area contributed by atoms with Crippen molar-refractivity contribution in [2.24, 2.45) is 5.92 Å². The van der Waals surface area contributed by atoms with Crippen LogP contribution in [0.5, 0.6) is 0 Å². The van der Waals surface area contributed by atoms with Gasteiger partial charge in [-0.15, -0.1) is 0 Å². The van der Waals surface area contributed by atoms with Crippen molar-refractivity contribution in [1.29, 1.82) is 0 Å². The van der Waals surface area contributed by atoms with Gasteiger partial charge in [0, 0.05) is 25.8 Å². The van der Waals surface area contributed by atoms with Crippen LogP contribution >= 0.6 is 0 Å². The first-order chi connectivity index (χ1) is 9.08. The van der Waals surface area contributed by atoms with Gasteiger partial charge in [0.1, 0.15) is 5.82 Å². The molecule has 1 N–H and O–H groups in total. The van der Waals surface area contributed by atoms with Crippen molar-refractivity contribution in [3.63, 3.8) is 0 Å². The predicted octanol–water partition coefficient (Wildman–Crippen LogP) is 3.62. The molecule has 0 fully saturated rings. The van der Waals surface area contributed by atoms with Crippen LogP contribution in [0.4, 0.5) is 5.82 Å². The largest absolute Gasteiger partial charge is 0.359 e. The molecule has 0 aliphatic heterocycles. The summed E-state index contributed by atoms with van der Waals surface area (Å²) in [7, 11) is 2.13. The van der Waals surface area contributed by atoms with Crippen LogP contribution in [0.15, 0.2) is 18.3 Å². The van der Waals surface area contributed by atoms with Gasteiger partial charge >= 0.3 is 0 Å². The fourth-order valence-electron chi connectivity index (χ4n) is 2.08. The molecule has 1 heterocycles. The molecule has 108 valence electrons. The third kappa shape index (κ3) is 5.19. The Hall–Kier alpha value is -1.09. The van der Waals surface area contributed by atoms with E-state index in [0.717, 1.165) is 25.3 Å². The molecule has 0 aromatic carbocycles. The highest BCUT2D eigenvalue weighted by molar-refractivity contribution is 5.41. The zero-order valence-corrected chi connectivity index (χ0v) is 13.1. The minimum absolute atomic E-state index is 0.388. The molecule has 0 saturated heterocycles. The van der Waals surface area contributed by atoms with E-state index in [2.05, 4.69) is 62.1 Å². The molecule has 0 bridgehead atoms. The van der Waals surface area contributed by atoms with Gasteiger partial charge in [-0.2, -0.15) is 0 Å². The van der Waals surface area contributed by atoms with Crippen LogP contribution < -0.4 is 10.2 Å². The summed E-state index contributed by atoms with van der Waals surface area (Å²) < 4.78 is 0. The van der Waals surface area contributed by atoms with E-state index >= 15 is 0 Å². The van der Waals surface area contributed by atoms with E-state index in [-0.39, 0.29) is 0 Å². The molecule has 3 heteroatoms. The van der Waals surface area contributed by atoms with Crippen molar-refractivity contribution in [1.82, 2.24) is 10.3 Å².